The molecule has 0 aliphatic heterocycles. The quantitative estimate of drug-likeness (QED) is 0.609. The fourth-order valence-corrected chi connectivity index (χ4v) is 2.11. The summed E-state index contributed by atoms with van der Waals surface area (Å²) in [6.07, 6.45) is 0.298. The molecule has 7 nitrogen and oxygen atoms in total. The number of ether oxygens (including phenoxy) is 1. The lowest BCUT2D eigenvalue weighted by atomic mass is 10.0. The molecule has 2 rings (SSSR count). The van der Waals surface area contributed by atoms with E-state index in [0.717, 1.165) is 5.56 Å². The molecule has 2 unspecified atom stereocenters. The van der Waals surface area contributed by atoms with Crippen LogP contribution in [-0.2, 0) is 11.3 Å². The van der Waals surface area contributed by atoms with Gasteiger partial charge >= 0.3 is 6.09 Å². The highest BCUT2D eigenvalue weighted by molar-refractivity contribution is 5.67. The Morgan fingerprint density at radius 2 is 2.00 bits per heavy atom. The lowest BCUT2D eigenvalue weighted by molar-refractivity contribution is 0.0135. The lowest BCUT2D eigenvalue weighted by Crippen LogP contribution is -2.29. The third kappa shape index (κ3) is 5.53. The van der Waals surface area contributed by atoms with E-state index in [9.17, 15) is 15.0 Å². The van der Waals surface area contributed by atoms with Crippen molar-refractivity contribution in [3.05, 3.63) is 59.9 Å². The normalized spacial score (nSPS) is 13.1. The average molecular weight is 331 g/mol. The van der Waals surface area contributed by atoms with Gasteiger partial charge in [-0.05, 0) is 18.1 Å². The summed E-state index contributed by atoms with van der Waals surface area (Å²) in [5.41, 5.74) is 7.30. The first-order valence-corrected chi connectivity index (χ1v) is 7.57. The van der Waals surface area contributed by atoms with Crippen molar-refractivity contribution in [3.8, 4) is 0 Å². The maximum atomic E-state index is 11.6. The van der Waals surface area contributed by atoms with Crippen LogP contribution < -0.4 is 11.1 Å². The maximum absolute atomic E-state index is 11.6. The third-order valence-electron chi connectivity index (χ3n) is 3.41. The number of aliphatic hydroxyl groups is 2. The number of pyridine rings is 1. The van der Waals surface area contributed by atoms with Crippen LogP contribution in [0.3, 0.4) is 0 Å². The zero-order valence-corrected chi connectivity index (χ0v) is 13.1. The van der Waals surface area contributed by atoms with Crippen molar-refractivity contribution < 1.29 is 19.7 Å². The molecule has 5 N–H and O–H groups in total. The monoisotopic (exact) mass is 331 g/mol. The van der Waals surface area contributed by atoms with Crippen LogP contribution in [0.25, 0.3) is 0 Å². The summed E-state index contributed by atoms with van der Waals surface area (Å²) in [5, 5.41) is 22.5. The number of rotatable bonds is 7. The van der Waals surface area contributed by atoms with Crippen molar-refractivity contribution in [1.82, 2.24) is 10.3 Å². The fraction of sp³-hybridized carbons (Fsp3) is 0.294. The smallest absolute Gasteiger partial charge is 0.407 e. The fourth-order valence-electron chi connectivity index (χ4n) is 2.11. The third-order valence-corrected chi connectivity index (χ3v) is 3.41. The summed E-state index contributed by atoms with van der Waals surface area (Å²) in [6.45, 7) is 0.342. The number of aromatic nitrogens is 1. The van der Waals surface area contributed by atoms with Crippen LogP contribution in [-0.4, -0.2) is 33.9 Å². The molecule has 2 atom stereocenters. The van der Waals surface area contributed by atoms with E-state index in [1.54, 1.807) is 6.07 Å². The molecule has 24 heavy (non-hydrogen) atoms. The molecule has 0 bridgehead atoms. The zero-order chi connectivity index (χ0) is 17.4. The Bertz CT molecular complexity index is 651. The molecular formula is C17H21N3O4. The maximum Gasteiger partial charge on any atom is 0.407 e. The van der Waals surface area contributed by atoms with E-state index in [1.807, 2.05) is 30.3 Å². The summed E-state index contributed by atoms with van der Waals surface area (Å²) in [5.74, 6) is 0. The van der Waals surface area contributed by atoms with Gasteiger partial charge in [0.25, 0.3) is 0 Å². The van der Waals surface area contributed by atoms with Crippen LogP contribution >= 0.6 is 0 Å². The summed E-state index contributed by atoms with van der Waals surface area (Å²) >= 11 is 0. The predicted molar refractivity (Wildman–Crippen MR) is 88.9 cm³/mol. The highest BCUT2D eigenvalue weighted by Gasteiger charge is 2.19. The summed E-state index contributed by atoms with van der Waals surface area (Å²) in [7, 11) is 0. The number of amides is 1. The minimum absolute atomic E-state index is 0.163. The van der Waals surface area contributed by atoms with Crippen LogP contribution in [0.5, 0.6) is 0 Å². The second-order valence-electron chi connectivity index (χ2n) is 5.34. The van der Waals surface area contributed by atoms with Gasteiger partial charge in [0, 0.05) is 24.5 Å². The number of nitrogens with one attached hydrogen (secondary N) is 1. The highest BCUT2D eigenvalue weighted by atomic mass is 16.5. The second kappa shape index (κ2) is 8.85. The van der Waals surface area contributed by atoms with Crippen molar-refractivity contribution in [3.63, 3.8) is 0 Å². The first-order valence-electron chi connectivity index (χ1n) is 7.57. The number of carbonyl (C=O) groups excluding carboxylic acids is 1. The zero-order valence-electron chi connectivity index (χ0n) is 13.1. The molecule has 2 aromatic rings. The van der Waals surface area contributed by atoms with Gasteiger partial charge in [0.1, 0.15) is 12.7 Å². The molecule has 0 radical (unpaired) electrons. The van der Waals surface area contributed by atoms with Crippen molar-refractivity contribution in [2.75, 3.05) is 12.3 Å². The van der Waals surface area contributed by atoms with Gasteiger partial charge < -0.3 is 26.0 Å². The SMILES string of the molecule is Nc1cncc(C(O)C(O)CCNC(=O)OCc2ccccc2)c1. The summed E-state index contributed by atoms with van der Waals surface area (Å²) < 4.78 is 5.05. The van der Waals surface area contributed by atoms with E-state index in [2.05, 4.69) is 10.3 Å². The molecule has 0 spiro atoms. The predicted octanol–water partition coefficient (Wildman–Crippen LogP) is 1.37. The molecule has 1 amide bonds. The molecule has 1 aromatic heterocycles. The van der Waals surface area contributed by atoms with Crippen LogP contribution in [0.2, 0.25) is 0 Å². The standard InChI is InChI=1S/C17H21N3O4/c18-14-8-13(9-19-10-14)16(22)15(21)6-7-20-17(23)24-11-12-4-2-1-3-5-12/h1-5,8-10,15-16,21-22H,6-7,11,18H2,(H,20,23). The van der Waals surface area contributed by atoms with E-state index in [1.165, 1.54) is 12.4 Å². The number of hydrogen-bond donors (Lipinski definition) is 4. The van der Waals surface area contributed by atoms with Crippen molar-refractivity contribution in [2.24, 2.45) is 0 Å². The molecule has 0 saturated carbocycles. The topological polar surface area (TPSA) is 118 Å². The molecule has 128 valence electrons. The molecule has 0 saturated heterocycles. The van der Waals surface area contributed by atoms with Crippen LogP contribution in [0, 0.1) is 0 Å². The number of carbonyl (C=O) groups is 1. The number of aliphatic hydroxyl groups excluding tert-OH is 2. The number of benzene rings is 1. The first kappa shape index (κ1) is 17.7. The second-order valence-corrected chi connectivity index (χ2v) is 5.34. The van der Waals surface area contributed by atoms with E-state index in [0.29, 0.717) is 11.3 Å². The summed E-state index contributed by atoms with van der Waals surface area (Å²) in [4.78, 5) is 15.4. The minimum Gasteiger partial charge on any atom is -0.445 e. The van der Waals surface area contributed by atoms with Gasteiger partial charge in [0.2, 0.25) is 0 Å². The molecule has 1 aromatic carbocycles. The van der Waals surface area contributed by atoms with E-state index < -0.39 is 18.3 Å². The Balaban J connectivity index is 1.70. The van der Waals surface area contributed by atoms with Gasteiger partial charge in [-0.2, -0.15) is 0 Å². The van der Waals surface area contributed by atoms with E-state index >= 15 is 0 Å². The molecular weight excluding hydrogens is 310 g/mol. The number of nitrogens with zero attached hydrogens (tertiary/aromatic N) is 1. The van der Waals surface area contributed by atoms with E-state index in [-0.39, 0.29) is 19.6 Å². The highest BCUT2D eigenvalue weighted by Crippen LogP contribution is 2.19. The Morgan fingerprint density at radius 1 is 1.25 bits per heavy atom. The van der Waals surface area contributed by atoms with Crippen molar-refractivity contribution >= 4 is 11.8 Å². The van der Waals surface area contributed by atoms with Gasteiger partial charge in [0.15, 0.2) is 0 Å². The van der Waals surface area contributed by atoms with Gasteiger partial charge in [-0.25, -0.2) is 4.79 Å². The van der Waals surface area contributed by atoms with Gasteiger partial charge in [-0.15, -0.1) is 0 Å². The average Bonchev–Trinajstić information content (AvgIpc) is 2.60. The number of alkyl carbamates (subject to hydrolysis) is 1. The lowest BCUT2D eigenvalue weighted by Gasteiger charge is -2.18. The summed E-state index contributed by atoms with van der Waals surface area (Å²) in [6, 6.07) is 10.9. The van der Waals surface area contributed by atoms with Gasteiger partial charge in [-0.3, -0.25) is 4.98 Å². The molecule has 1 heterocycles. The number of nitrogen functional groups attached to an aromatic ring is 1. The molecule has 0 fully saturated rings. The van der Waals surface area contributed by atoms with Gasteiger partial charge in [-0.1, -0.05) is 30.3 Å². The Morgan fingerprint density at radius 3 is 2.71 bits per heavy atom. The Labute approximate surface area is 140 Å². The van der Waals surface area contributed by atoms with E-state index in [4.69, 9.17) is 10.5 Å². The largest absolute Gasteiger partial charge is 0.445 e. The molecule has 0 aliphatic carbocycles. The van der Waals surface area contributed by atoms with Crippen LogP contribution in [0.1, 0.15) is 23.7 Å². The molecule has 0 aliphatic rings. The number of anilines is 1. The minimum atomic E-state index is -1.12. The number of hydrogen-bond acceptors (Lipinski definition) is 6. The number of nitrogens with two attached hydrogens (primary N) is 1. The van der Waals surface area contributed by atoms with Crippen molar-refractivity contribution in [1.29, 1.82) is 0 Å². The van der Waals surface area contributed by atoms with Crippen LogP contribution in [0.15, 0.2) is 48.8 Å². The van der Waals surface area contributed by atoms with Gasteiger partial charge in [0.05, 0.1) is 11.8 Å². The Kier molecular flexibility index (Phi) is 6.53. The first-order chi connectivity index (χ1) is 11.6. The van der Waals surface area contributed by atoms with Crippen molar-refractivity contribution in [2.45, 2.75) is 25.2 Å². The molecule has 7 heteroatoms. The van der Waals surface area contributed by atoms with Crippen LogP contribution in [0.4, 0.5) is 10.5 Å². The Hall–Kier alpha value is -2.64.